The predicted octanol–water partition coefficient (Wildman–Crippen LogP) is 3.05. The number of carbonyl (C=O) groups is 1. The molecule has 0 N–H and O–H groups in total. The van der Waals surface area contributed by atoms with E-state index in [4.69, 9.17) is 4.74 Å². The molecule has 0 aliphatic carbocycles. The first-order valence-electron chi connectivity index (χ1n) is 5.52. The van der Waals surface area contributed by atoms with E-state index < -0.39 is 0 Å². The minimum atomic E-state index is -0.00134. The van der Waals surface area contributed by atoms with Gasteiger partial charge >= 0.3 is 5.97 Å². The summed E-state index contributed by atoms with van der Waals surface area (Å²) in [5.74, 6) is -0.00134. The molecule has 1 fully saturated rings. The first kappa shape index (κ1) is 10.6. The molecule has 13 heavy (non-hydrogen) atoms. The molecule has 76 valence electrons. The zero-order chi connectivity index (χ0) is 9.52. The lowest BCUT2D eigenvalue weighted by molar-refractivity contribution is -0.141. The fraction of sp³-hybridized carbons (Fsp3) is 0.909. The molecule has 0 aromatic carbocycles. The van der Waals surface area contributed by atoms with Crippen LogP contribution in [-0.2, 0) is 9.53 Å². The van der Waals surface area contributed by atoms with Crippen LogP contribution in [0, 0.1) is 0 Å². The monoisotopic (exact) mass is 184 g/mol. The van der Waals surface area contributed by atoms with Crippen LogP contribution in [0.2, 0.25) is 0 Å². The SMILES string of the molecule is CCCCCCC[C@@H]1CCC(=O)O1. The number of rotatable bonds is 6. The average molecular weight is 184 g/mol. The summed E-state index contributed by atoms with van der Waals surface area (Å²) in [6.07, 6.45) is 9.39. The van der Waals surface area contributed by atoms with Crippen LogP contribution < -0.4 is 0 Å². The number of cyclic esters (lactones) is 1. The Hall–Kier alpha value is -0.530. The third-order valence-electron chi connectivity index (χ3n) is 2.60. The van der Waals surface area contributed by atoms with Crippen molar-refractivity contribution in [3.05, 3.63) is 0 Å². The van der Waals surface area contributed by atoms with Crippen LogP contribution in [0.25, 0.3) is 0 Å². The minimum absolute atomic E-state index is 0.00134. The predicted molar refractivity (Wildman–Crippen MR) is 52.5 cm³/mol. The largest absolute Gasteiger partial charge is 0.462 e. The van der Waals surface area contributed by atoms with Gasteiger partial charge < -0.3 is 4.74 Å². The topological polar surface area (TPSA) is 26.3 Å². The molecule has 1 aliphatic heterocycles. The molecule has 0 amide bonds. The molecule has 0 saturated carbocycles. The van der Waals surface area contributed by atoms with Crippen molar-refractivity contribution in [1.29, 1.82) is 0 Å². The van der Waals surface area contributed by atoms with E-state index in [9.17, 15) is 4.79 Å². The summed E-state index contributed by atoms with van der Waals surface area (Å²) in [4.78, 5) is 10.8. The summed E-state index contributed by atoms with van der Waals surface area (Å²) in [7, 11) is 0. The molecule has 1 saturated heterocycles. The van der Waals surface area contributed by atoms with Gasteiger partial charge in [-0.25, -0.2) is 0 Å². The van der Waals surface area contributed by atoms with Crippen molar-refractivity contribution in [2.75, 3.05) is 0 Å². The normalized spacial score (nSPS) is 21.9. The number of ether oxygens (including phenoxy) is 1. The summed E-state index contributed by atoms with van der Waals surface area (Å²) >= 11 is 0. The highest BCUT2D eigenvalue weighted by molar-refractivity contribution is 5.71. The molecule has 1 atom stereocenters. The Kier molecular flexibility index (Phi) is 4.87. The Morgan fingerprint density at radius 1 is 1.31 bits per heavy atom. The third kappa shape index (κ3) is 4.30. The van der Waals surface area contributed by atoms with Gasteiger partial charge in [0.05, 0.1) is 0 Å². The van der Waals surface area contributed by atoms with Crippen LogP contribution in [-0.4, -0.2) is 12.1 Å². The molecular formula is C11H20O2. The molecule has 2 nitrogen and oxygen atoms in total. The Morgan fingerprint density at radius 2 is 2.08 bits per heavy atom. The molecular weight excluding hydrogens is 164 g/mol. The molecule has 1 aliphatic rings. The smallest absolute Gasteiger partial charge is 0.306 e. The lowest BCUT2D eigenvalue weighted by Crippen LogP contribution is -2.06. The second kappa shape index (κ2) is 6.01. The zero-order valence-electron chi connectivity index (χ0n) is 8.55. The van der Waals surface area contributed by atoms with Gasteiger partial charge in [0, 0.05) is 6.42 Å². The van der Waals surface area contributed by atoms with Crippen molar-refractivity contribution in [1.82, 2.24) is 0 Å². The molecule has 1 heterocycles. The van der Waals surface area contributed by atoms with Gasteiger partial charge in [-0.05, 0) is 19.3 Å². The van der Waals surface area contributed by atoms with Gasteiger partial charge in [0.2, 0.25) is 0 Å². The number of unbranched alkanes of at least 4 members (excludes halogenated alkanes) is 4. The minimum Gasteiger partial charge on any atom is -0.462 e. The van der Waals surface area contributed by atoms with Crippen molar-refractivity contribution in [3.8, 4) is 0 Å². The summed E-state index contributed by atoms with van der Waals surface area (Å²) in [6, 6.07) is 0. The van der Waals surface area contributed by atoms with E-state index >= 15 is 0 Å². The Bertz CT molecular complexity index is 154. The van der Waals surface area contributed by atoms with E-state index in [-0.39, 0.29) is 12.1 Å². The molecule has 0 radical (unpaired) electrons. The third-order valence-corrected chi connectivity index (χ3v) is 2.60. The summed E-state index contributed by atoms with van der Waals surface area (Å²) in [5.41, 5.74) is 0. The van der Waals surface area contributed by atoms with E-state index in [1.54, 1.807) is 0 Å². The second-order valence-corrected chi connectivity index (χ2v) is 3.85. The van der Waals surface area contributed by atoms with Crippen molar-refractivity contribution in [2.45, 2.75) is 64.4 Å². The maximum atomic E-state index is 10.8. The standard InChI is InChI=1S/C11H20O2/c1-2-3-4-5-6-7-10-8-9-11(12)13-10/h10H,2-9H2,1H3/t10-/m1/s1. The van der Waals surface area contributed by atoms with Crippen molar-refractivity contribution < 1.29 is 9.53 Å². The van der Waals surface area contributed by atoms with Gasteiger partial charge in [0.25, 0.3) is 0 Å². The van der Waals surface area contributed by atoms with Crippen molar-refractivity contribution in [3.63, 3.8) is 0 Å². The summed E-state index contributed by atoms with van der Waals surface area (Å²) < 4.78 is 5.13. The van der Waals surface area contributed by atoms with Crippen LogP contribution in [0.4, 0.5) is 0 Å². The summed E-state index contributed by atoms with van der Waals surface area (Å²) in [5, 5.41) is 0. The van der Waals surface area contributed by atoms with Gasteiger partial charge in [-0.2, -0.15) is 0 Å². The van der Waals surface area contributed by atoms with Crippen LogP contribution in [0.5, 0.6) is 0 Å². The molecule has 1 rings (SSSR count). The second-order valence-electron chi connectivity index (χ2n) is 3.85. The average Bonchev–Trinajstić information content (AvgIpc) is 2.51. The molecule has 0 spiro atoms. The van der Waals surface area contributed by atoms with Gasteiger partial charge in [-0.1, -0.05) is 32.6 Å². The van der Waals surface area contributed by atoms with E-state index in [1.165, 1.54) is 32.1 Å². The number of hydrogen-bond donors (Lipinski definition) is 0. The van der Waals surface area contributed by atoms with Gasteiger partial charge in [0.1, 0.15) is 6.10 Å². The number of esters is 1. The zero-order valence-corrected chi connectivity index (χ0v) is 8.55. The van der Waals surface area contributed by atoms with Crippen LogP contribution >= 0.6 is 0 Å². The van der Waals surface area contributed by atoms with Crippen molar-refractivity contribution >= 4 is 5.97 Å². The fourth-order valence-corrected chi connectivity index (χ4v) is 1.76. The van der Waals surface area contributed by atoms with E-state index in [2.05, 4.69) is 6.92 Å². The Labute approximate surface area is 80.7 Å². The lowest BCUT2D eigenvalue weighted by Gasteiger charge is -2.07. The van der Waals surface area contributed by atoms with Crippen molar-refractivity contribution in [2.24, 2.45) is 0 Å². The van der Waals surface area contributed by atoms with E-state index in [0.29, 0.717) is 6.42 Å². The van der Waals surface area contributed by atoms with E-state index in [1.807, 2.05) is 0 Å². The highest BCUT2D eigenvalue weighted by atomic mass is 16.5. The van der Waals surface area contributed by atoms with Crippen LogP contribution in [0.3, 0.4) is 0 Å². The number of carbonyl (C=O) groups excluding carboxylic acids is 1. The molecule has 0 bridgehead atoms. The quantitative estimate of drug-likeness (QED) is 0.468. The first-order chi connectivity index (χ1) is 6.33. The van der Waals surface area contributed by atoms with Crippen LogP contribution in [0.15, 0.2) is 0 Å². The van der Waals surface area contributed by atoms with Crippen LogP contribution in [0.1, 0.15) is 58.3 Å². The summed E-state index contributed by atoms with van der Waals surface area (Å²) in [6.45, 7) is 2.22. The van der Waals surface area contributed by atoms with E-state index in [0.717, 1.165) is 12.8 Å². The van der Waals surface area contributed by atoms with Gasteiger partial charge in [-0.15, -0.1) is 0 Å². The maximum Gasteiger partial charge on any atom is 0.306 e. The Morgan fingerprint density at radius 3 is 2.69 bits per heavy atom. The molecule has 0 unspecified atom stereocenters. The lowest BCUT2D eigenvalue weighted by atomic mass is 10.1. The maximum absolute atomic E-state index is 10.8. The van der Waals surface area contributed by atoms with Gasteiger partial charge in [-0.3, -0.25) is 4.79 Å². The Balaban J connectivity index is 1.91. The molecule has 2 heteroatoms. The fourth-order valence-electron chi connectivity index (χ4n) is 1.76. The highest BCUT2D eigenvalue weighted by Gasteiger charge is 2.22. The van der Waals surface area contributed by atoms with Gasteiger partial charge in [0.15, 0.2) is 0 Å². The molecule has 0 aromatic rings. The number of hydrogen-bond acceptors (Lipinski definition) is 2. The highest BCUT2D eigenvalue weighted by Crippen LogP contribution is 2.19. The first-order valence-corrected chi connectivity index (χ1v) is 5.52. The molecule has 0 aromatic heterocycles.